The van der Waals surface area contributed by atoms with Crippen LogP contribution < -0.4 is 5.32 Å². The Morgan fingerprint density at radius 1 is 1.18 bits per heavy atom. The fourth-order valence-electron chi connectivity index (χ4n) is 2.46. The van der Waals surface area contributed by atoms with Crippen LogP contribution in [0.25, 0.3) is 0 Å². The second kappa shape index (κ2) is 7.34. The molecule has 1 atom stereocenters. The summed E-state index contributed by atoms with van der Waals surface area (Å²) in [5.41, 5.74) is -0.518. The first-order valence-corrected chi connectivity index (χ1v) is 7.27. The highest BCUT2D eigenvalue weighted by Crippen LogP contribution is 2.13. The lowest BCUT2D eigenvalue weighted by Crippen LogP contribution is -2.47. The van der Waals surface area contributed by atoms with Crippen LogP contribution in [0.3, 0.4) is 0 Å². The number of likely N-dealkylation sites (tertiary alicyclic amines) is 1. The Bertz CT molecular complexity index is 198. The van der Waals surface area contributed by atoms with Crippen LogP contribution in [0.5, 0.6) is 0 Å². The predicted molar refractivity (Wildman–Crippen MR) is 73.3 cm³/mol. The van der Waals surface area contributed by atoms with Gasteiger partial charge in [-0.25, -0.2) is 0 Å². The van der Waals surface area contributed by atoms with Crippen LogP contribution in [0.4, 0.5) is 0 Å². The topological polar surface area (TPSA) is 35.5 Å². The zero-order chi connectivity index (χ0) is 12.7. The van der Waals surface area contributed by atoms with E-state index in [9.17, 15) is 5.11 Å². The first kappa shape index (κ1) is 14.9. The molecule has 1 unspecified atom stereocenters. The first-order chi connectivity index (χ1) is 8.09. The third-order valence-electron chi connectivity index (χ3n) is 4.08. The van der Waals surface area contributed by atoms with Crippen molar-refractivity contribution < 1.29 is 5.11 Å². The molecule has 1 saturated heterocycles. The number of aliphatic hydroxyl groups is 1. The molecular weight excluding hydrogens is 212 g/mol. The largest absolute Gasteiger partial charge is 0.389 e. The summed E-state index contributed by atoms with van der Waals surface area (Å²) >= 11 is 0. The van der Waals surface area contributed by atoms with Gasteiger partial charge in [0.25, 0.3) is 0 Å². The predicted octanol–water partition coefficient (Wildman–Crippen LogP) is 2.00. The van der Waals surface area contributed by atoms with Crippen LogP contribution in [0.1, 0.15) is 52.9 Å². The van der Waals surface area contributed by atoms with Crippen molar-refractivity contribution >= 4 is 0 Å². The lowest BCUT2D eigenvalue weighted by atomic mass is 9.97. The zero-order valence-corrected chi connectivity index (χ0v) is 11.8. The number of nitrogens with one attached hydrogen (secondary N) is 1. The standard InChI is InChI=1S/C14H30N2O/c1-4-14(17,5-2)12-15-13(3)11-16-9-7-6-8-10-16/h13,15,17H,4-12H2,1-3H3. The molecule has 1 heterocycles. The third-order valence-corrected chi connectivity index (χ3v) is 4.08. The molecule has 1 aliphatic heterocycles. The van der Waals surface area contributed by atoms with E-state index < -0.39 is 5.60 Å². The summed E-state index contributed by atoms with van der Waals surface area (Å²) in [6.45, 7) is 10.7. The van der Waals surface area contributed by atoms with E-state index >= 15 is 0 Å². The van der Waals surface area contributed by atoms with Crippen LogP contribution >= 0.6 is 0 Å². The minimum Gasteiger partial charge on any atom is -0.389 e. The highest BCUT2D eigenvalue weighted by atomic mass is 16.3. The molecule has 0 aromatic rings. The van der Waals surface area contributed by atoms with Gasteiger partial charge in [0.2, 0.25) is 0 Å². The van der Waals surface area contributed by atoms with Crippen LogP contribution in [0, 0.1) is 0 Å². The Morgan fingerprint density at radius 3 is 2.29 bits per heavy atom. The van der Waals surface area contributed by atoms with Crippen LogP contribution in [-0.4, -0.2) is 47.8 Å². The second-order valence-corrected chi connectivity index (χ2v) is 5.57. The van der Waals surface area contributed by atoms with Crippen LogP contribution in [0.15, 0.2) is 0 Å². The Labute approximate surface area is 107 Å². The maximum Gasteiger partial charge on any atom is 0.0766 e. The van der Waals surface area contributed by atoms with Crippen molar-refractivity contribution in [2.45, 2.75) is 64.5 Å². The molecular formula is C14H30N2O. The molecule has 0 aliphatic carbocycles. The molecule has 0 saturated carbocycles. The summed E-state index contributed by atoms with van der Waals surface area (Å²) in [6, 6.07) is 0.470. The van der Waals surface area contributed by atoms with E-state index in [1.54, 1.807) is 0 Å². The van der Waals surface area contributed by atoms with Gasteiger partial charge in [-0.15, -0.1) is 0 Å². The quantitative estimate of drug-likeness (QED) is 0.717. The molecule has 102 valence electrons. The fraction of sp³-hybridized carbons (Fsp3) is 1.00. The van der Waals surface area contributed by atoms with Crippen molar-refractivity contribution in [1.29, 1.82) is 0 Å². The van der Waals surface area contributed by atoms with Gasteiger partial charge in [-0.05, 0) is 45.7 Å². The van der Waals surface area contributed by atoms with Gasteiger partial charge < -0.3 is 15.3 Å². The molecule has 3 heteroatoms. The number of hydrogen-bond acceptors (Lipinski definition) is 3. The van der Waals surface area contributed by atoms with Gasteiger partial charge in [-0.2, -0.15) is 0 Å². The van der Waals surface area contributed by atoms with Gasteiger partial charge in [-0.1, -0.05) is 20.3 Å². The average molecular weight is 242 g/mol. The molecule has 3 nitrogen and oxygen atoms in total. The zero-order valence-electron chi connectivity index (χ0n) is 11.8. The molecule has 0 amide bonds. The van der Waals surface area contributed by atoms with Crippen molar-refractivity contribution in [3.63, 3.8) is 0 Å². The SMILES string of the molecule is CCC(O)(CC)CNC(C)CN1CCCCC1. The van der Waals surface area contributed by atoms with Gasteiger partial charge >= 0.3 is 0 Å². The highest BCUT2D eigenvalue weighted by molar-refractivity contribution is 4.80. The number of piperidine rings is 1. The fourth-order valence-corrected chi connectivity index (χ4v) is 2.46. The van der Waals surface area contributed by atoms with Crippen LogP contribution in [0.2, 0.25) is 0 Å². The summed E-state index contributed by atoms with van der Waals surface area (Å²) in [5, 5.41) is 13.7. The molecule has 1 aliphatic rings. The number of hydrogen-bond donors (Lipinski definition) is 2. The summed E-state index contributed by atoms with van der Waals surface area (Å²) in [6.07, 6.45) is 5.74. The normalized spacial score (nSPS) is 20.5. The molecule has 1 rings (SSSR count). The van der Waals surface area contributed by atoms with Crippen molar-refractivity contribution in [1.82, 2.24) is 10.2 Å². The van der Waals surface area contributed by atoms with E-state index in [2.05, 4.69) is 31.0 Å². The Balaban J connectivity index is 2.21. The van der Waals surface area contributed by atoms with E-state index in [0.29, 0.717) is 6.04 Å². The maximum absolute atomic E-state index is 10.2. The Morgan fingerprint density at radius 2 is 1.76 bits per heavy atom. The molecule has 2 N–H and O–H groups in total. The monoisotopic (exact) mass is 242 g/mol. The van der Waals surface area contributed by atoms with Gasteiger partial charge in [0.05, 0.1) is 5.60 Å². The van der Waals surface area contributed by atoms with E-state index in [4.69, 9.17) is 0 Å². The first-order valence-electron chi connectivity index (χ1n) is 7.27. The van der Waals surface area contributed by atoms with Gasteiger partial charge in [0.1, 0.15) is 0 Å². The Hall–Kier alpha value is -0.120. The molecule has 1 fully saturated rings. The lowest BCUT2D eigenvalue weighted by Gasteiger charge is -2.32. The Kier molecular flexibility index (Phi) is 6.45. The van der Waals surface area contributed by atoms with Crippen molar-refractivity contribution in [2.24, 2.45) is 0 Å². The lowest BCUT2D eigenvalue weighted by molar-refractivity contribution is 0.0289. The smallest absolute Gasteiger partial charge is 0.0766 e. The minimum atomic E-state index is -0.518. The van der Waals surface area contributed by atoms with Crippen molar-refractivity contribution in [3.05, 3.63) is 0 Å². The highest BCUT2D eigenvalue weighted by Gasteiger charge is 2.23. The summed E-state index contributed by atoms with van der Waals surface area (Å²) in [5.74, 6) is 0. The van der Waals surface area contributed by atoms with Crippen LogP contribution in [-0.2, 0) is 0 Å². The van der Waals surface area contributed by atoms with Gasteiger partial charge in [0.15, 0.2) is 0 Å². The van der Waals surface area contributed by atoms with E-state index in [1.165, 1.54) is 32.4 Å². The number of rotatable bonds is 7. The van der Waals surface area contributed by atoms with Crippen molar-refractivity contribution in [2.75, 3.05) is 26.2 Å². The maximum atomic E-state index is 10.2. The third kappa shape index (κ3) is 5.36. The van der Waals surface area contributed by atoms with E-state index in [1.807, 2.05) is 0 Å². The second-order valence-electron chi connectivity index (χ2n) is 5.57. The molecule has 0 radical (unpaired) electrons. The van der Waals surface area contributed by atoms with Gasteiger partial charge in [0, 0.05) is 19.1 Å². The summed E-state index contributed by atoms with van der Waals surface area (Å²) in [7, 11) is 0. The molecule has 0 aromatic heterocycles. The minimum absolute atomic E-state index is 0.470. The van der Waals surface area contributed by atoms with E-state index in [-0.39, 0.29) is 0 Å². The molecule has 0 aromatic carbocycles. The van der Waals surface area contributed by atoms with Crippen molar-refractivity contribution in [3.8, 4) is 0 Å². The van der Waals surface area contributed by atoms with E-state index in [0.717, 1.165) is 25.9 Å². The number of nitrogens with zero attached hydrogens (tertiary/aromatic N) is 1. The van der Waals surface area contributed by atoms with Gasteiger partial charge in [-0.3, -0.25) is 0 Å². The summed E-state index contributed by atoms with van der Waals surface area (Å²) < 4.78 is 0. The molecule has 0 bridgehead atoms. The average Bonchev–Trinajstić information content (AvgIpc) is 2.37. The molecule has 17 heavy (non-hydrogen) atoms. The molecule has 0 spiro atoms. The summed E-state index contributed by atoms with van der Waals surface area (Å²) in [4.78, 5) is 2.54.